The van der Waals surface area contributed by atoms with E-state index in [2.05, 4.69) is 9.82 Å². The van der Waals surface area contributed by atoms with E-state index >= 15 is 0 Å². The first-order valence-corrected chi connectivity index (χ1v) is 8.97. The van der Waals surface area contributed by atoms with Crippen LogP contribution in [-0.2, 0) is 23.0 Å². The van der Waals surface area contributed by atoms with Crippen LogP contribution in [0.25, 0.3) is 0 Å². The van der Waals surface area contributed by atoms with Gasteiger partial charge in [-0.25, -0.2) is 13.1 Å². The summed E-state index contributed by atoms with van der Waals surface area (Å²) in [5.74, 6) is 0.387. The molecule has 8 heteroatoms. The summed E-state index contributed by atoms with van der Waals surface area (Å²) < 4.78 is 28.4. The largest absolute Gasteiger partial charge is 0.394 e. The number of alkyl halides is 1. The maximum atomic E-state index is 12.0. The maximum absolute atomic E-state index is 12.0. The van der Waals surface area contributed by atoms with Gasteiger partial charge in [-0.15, -0.1) is 11.6 Å². The number of aromatic nitrogens is 2. The van der Waals surface area contributed by atoms with Gasteiger partial charge in [0.1, 0.15) is 0 Å². The van der Waals surface area contributed by atoms with Crippen molar-refractivity contribution in [3.05, 3.63) is 17.5 Å². The van der Waals surface area contributed by atoms with Crippen molar-refractivity contribution in [3.8, 4) is 0 Å². The van der Waals surface area contributed by atoms with Gasteiger partial charge < -0.3 is 5.11 Å². The van der Waals surface area contributed by atoms with Crippen LogP contribution >= 0.6 is 11.6 Å². The van der Waals surface area contributed by atoms with Crippen LogP contribution in [0, 0.1) is 0 Å². The minimum Gasteiger partial charge on any atom is -0.394 e. The molecule has 114 valence electrons. The Morgan fingerprint density at radius 3 is 3.05 bits per heavy atom. The molecular formula is C12H20ClN3O3S. The first kappa shape index (κ1) is 15.8. The van der Waals surface area contributed by atoms with Crippen LogP contribution in [0.1, 0.15) is 36.6 Å². The number of sulfonamides is 1. The molecule has 1 aliphatic rings. The molecule has 0 saturated heterocycles. The second-order valence-corrected chi connectivity index (χ2v) is 7.17. The molecule has 0 amide bonds. The van der Waals surface area contributed by atoms with E-state index in [9.17, 15) is 8.42 Å². The summed E-state index contributed by atoms with van der Waals surface area (Å²) in [6.07, 6.45) is 4.71. The van der Waals surface area contributed by atoms with Crippen LogP contribution < -0.4 is 4.72 Å². The van der Waals surface area contributed by atoms with E-state index in [1.165, 1.54) is 0 Å². The number of aliphatic hydroxyl groups excluding tert-OH is 1. The Morgan fingerprint density at radius 1 is 1.55 bits per heavy atom. The van der Waals surface area contributed by atoms with Gasteiger partial charge in [-0.05, 0) is 25.7 Å². The van der Waals surface area contributed by atoms with E-state index in [1.54, 1.807) is 10.9 Å². The molecule has 0 bridgehead atoms. The predicted octanol–water partition coefficient (Wildman–Crippen LogP) is 0.801. The number of fused-ring (bicyclic) bond motifs is 1. The van der Waals surface area contributed by atoms with Crippen molar-refractivity contribution in [2.24, 2.45) is 0 Å². The highest BCUT2D eigenvalue weighted by molar-refractivity contribution is 7.89. The van der Waals surface area contributed by atoms with Crippen LogP contribution in [-0.4, -0.2) is 41.5 Å². The molecular weight excluding hydrogens is 302 g/mol. The molecule has 0 aliphatic heterocycles. The second-order valence-electron chi connectivity index (χ2n) is 4.92. The third-order valence-corrected chi connectivity index (χ3v) is 5.18. The summed E-state index contributed by atoms with van der Waals surface area (Å²) >= 11 is 5.54. The van der Waals surface area contributed by atoms with Crippen molar-refractivity contribution >= 4 is 21.6 Å². The highest BCUT2D eigenvalue weighted by Gasteiger charge is 2.27. The van der Waals surface area contributed by atoms with Gasteiger partial charge >= 0.3 is 0 Å². The Labute approximate surface area is 124 Å². The van der Waals surface area contributed by atoms with Crippen LogP contribution in [0.2, 0.25) is 0 Å². The lowest BCUT2D eigenvalue weighted by Crippen LogP contribution is -2.33. The number of nitrogens with zero attached hydrogens (tertiary/aromatic N) is 2. The predicted molar refractivity (Wildman–Crippen MR) is 77.3 cm³/mol. The number of rotatable bonds is 7. The Balaban J connectivity index is 2.13. The molecule has 0 radical (unpaired) electrons. The van der Waals surface area contributed by atoms with E-state index in [-0.39, 0.29) is 18.4 Å². The zero-order chi connectivity index (χ0) is 14.6. The Hall–Kier alpha value is -0.630. The maximum Gasteiger partial charge on any atom is 0.212 e. The van der Waals surface area contributed by atoms with Crippen molar-refractivity contribution in [2.45, 2.75) is 38.3 Å². The minimum atomic E-state index is -3.31. The zero-order valence-electron chi connectivity index (χ0n) is 11.3. The normalized spacial score (nSPS) is 19.0. The average Bonchev–Trinajstić information content (AvgIpc) is 2.81. The number of hydrogen-bond acceptors (Lipinski definition) is 4. The van der Waals surface area contributed by atoms with E-state index in [4.69, 9.17) is 16.7 Å². The summed E-state index contributed by atoms with van der Waals surface area (Å²) in [5.41, 5.74) is 1.95. The van der Waals surface area contributed by atoms with Gasteiger partial charge in [0.25, 0.3) is 0 Å². The van der Waals surface area contributed by atoms with Gasteiger partial charge in [0.15, 0.2) is 0 Å². The molecule has 1 unspecified atom stereocenters. The lowest BCUT2D eigenvalue weighted by molar-refractivity contribution is 0.266. The number of aliphatic hydroxyl groups is 1. The molecule has 2 N–H and O–H groups in total. The standard InChI is InChI=1S/C12H20ClN3O3S/c13-5-2-8-20(18,19)15-11-3-1-4-12-10(11)9-14-16(12)6-7-17/h9,11,15,17H,1-8H2. The summed E-state index contributed by atoms with van der Waals surface area (Å²) in [5, 5.41) is 13.2. The highest BCUT2D eigenvalue weighted by Crippen LogP contribution is 2.30. The van der Waals surface area contributed by atoms with Gasteiger partial charge in [-0.3, -0.25) is 4.68 Å². The molecule has 1 heterocycles. The molecule has 0 fully saturated rings. The molecule has 20 heavy (non-hydrogen) atoms. The third kappa shape index (κ3) is 3.72. The summed E-state index contributed by atoms with van der Waals surface area (Å²) in [6.45, 7) is 0.473. The van der Waals surface area contributed by atoms with Crippen molar-refractivity contribution in [2.75, 3.05) is 18.2 Å². The lowest BCUT2D eigenvalue weighted by atomic mass is 9.94. The van der Waals surface area contributed by atoms with Crippen LogP contribution in [0.4, 0.5) is 0 Å². The smallest absolute Gasteiger partial charge is 0.212 e. The Bertz CT molecular complexity index is 544. The number of hydrogen-bond donors (Lipinski definition) is 2. The summed E-state index contributed by atoms with van der Waals surface area (Å²) in [4.78, 5) is 0. The van der Waals surface area contributed by atoms with E-state index in [1.807, 2.05) is 0 Å². The van der Waals surface area contributed by atoms with E-state index in [0.717, 1.165) is 30.5 Å². The molecule has 2 rings (SSSR count). The molecule has 1 aromatic rings. The van der Waals surface area contributed by atoms with Gasteiger partial charge in [0.05, 0.1) is 31.1 Å². The topological polar surface area (TPSA) is 84.2 Å². The first-order chi connectivity index (χ1) is 9.57. The third-order valence-electron chi connectivity index (χ3n) is 3.44. The Kier molecular flexibility index (Phi) is 5.42. The van der Waals surface area contributed by atoms with Crippen LogP contribution in [0.5, 0.6) is 0 Å². The summed E-state index contributed by atoms with van der Waals surface area (Å²) in [6, 6.07) is -0.216. The summed E-state index contributed by atoms with van der Waals surface area (Å²) in [7, 11) is -3.31. The van der Waals surface area contributed by atoms with Gasteiger partial charge in [-0.2, -0.15) is 5.10 Å². The molecule has 6 nitrogen and oxygen atoms in total. The van der Waals surface area contributed by atoms with Crippen molar-refractivity contribution in [3.63, 3.8) is 0 Å². The number of halogens is 1. The van der Waals surface area contributed by atoms with Crippen molar-refractivity contribution < 1.29 is 13.5 Å². The second kappa shape index (κ2) is 6.89. The fourth-order valence-corrected chi connectivity index (χ4v) is 4.16. The fourth-order valence-electron chi connectivity index (χ4n) is 2.55. The highest BCUT2D eigenvalue weighted by atomic mass is 35.5. The molecule has 1 aliphatic carbocycles. The van der Waals surface area contributed by atoms with E-state index in [0.29, 0.717) is 18.8 Å². The minimum absolute atomic E-state index is 0.0280. The first-order valence-electron chi connectivity index (χ1n) is 6.79. The molecule has 1 atom stereocenters. The van der Waals surface area contributed by atoms with Gasteiger partial charge in [0.2, 0.25) is 10.0 Å². The molecule has 0 spiro atoms. The molecule has 0 saturated carbocycles. The molecule has 1 aromatic heterocycles. The van der Waals surface area contributed by atoms with Gasteiger partial charge in [-0.1, -0.05) is 0 Å². The SMILES string of the molecule is O=S(=O)(CCCCl)NC1CCCc2c1cnn2CCO. The fraction of sp³-hybridized carbons (Fsp3) is 0.750. The van der Waals surface area contributed by atoms with Crippen LogP contribution in [0.15, 0.2) is 6.20 Å². The molecule has 0 aromatic carbocycles. The number of nitrogens with one attached hydrogen (secondary N) is 1. The van der Waals surface area contributed by atoms with Crippen molar-refractivity contribution in [1.29, 1.82) is 0 Å². The van der Waals surface area contributed by atoms with Crippen molar-refractivity contribution in [1.82, 2.24) is 14.5 Å². The van der Waals surface area contributed by atoms with E-state index < -0.39 is 10.0 Å². The lowest BCUT2D eigenvalue weighted by Gasteiger charge is -2.24. The monoisotopic (exact) mass is 321 g/mol. The van der Waals surface area contributed by atoms with Crippen LogP contribution in [0.3, 0.4) is 0 Å². The average molecular weight is 322 g/mol. The quantitative estimate of drug-likeness (QED) is 0.728. The van der Waals surface area contributed by atoms with Gasteiger partial charge in [0, 0.05) is 17.1 Å². The Morgan fingerprint density at radius 2 is 2.35 bits per heavy atom. The zero-order valence-corrected chi connectivity index (χ0v) is 12.8.